The summed E-state index contributed by atoms with van der Waals surface area (Å²) in [6.45, 7) is 1.34. The Morgan fingerprint density at radius 2 is 2.39 bits per heavy atom. The van der Waals surface area contributed by atoms with E-state index in [1.807, 2.05) is 0 Å². The van der Waals surface area contributed by atoms with E-state index in [9.17, 15) is 4.79 Å². The fourth-order valence-electron chi connectivity index (χ4n) is 1.99. The van der Waals surface area contributed by atoms with Gasteiger partial charge < -0.3 is 15.1 Å². The van der Waals surface area contributed by atoms with Gasteiger partial charge in [0, 0.05) is 20.2 Å². The van der Waals surface area contributed by atoms with Crippen LogP contribution >= 0.6 is 0 Å². The second kappa shape index (κ2) is 5.74. The zero-order chi connectivity index (χ0) is 13.0. The first-order valence-electron chi connectivity index (χ1n) is 5.85. The van der Waals surface area contributed by atoms with E-state index in [0.717, 1.165) is 19.4 Å². The van der Waals surface area contributed by atoms with Crippen LogP contribution in [0.15, 0.2) is 12.4 Å². The third-order valence-electron chi connectivity index (χ3n) is 3.02. The van der Waals surface area contributed by atoms with E-state index < -0.39 is 0 Å². The Bertz CT molecular complexity index is 408. The molecule has 0 bridgehead atoms. The molecule has 2 heterocycles. The van der Waals surface area contributed by atoms with Crippen LogP contribution in [-0.2, 0) is 4.74 Å². The van der Waals surface area contributed by atoms with Gasteiger partial charge in [-0.15, -0.1) is 0 Å². The first kappa shape index (κ1) is 12.7. The molecule has 0 radical (unpaired) electrons. The van der Waals surface area contributed by atoms with E-state index in [1.165, 1.54) is 12.4 Å². The number of hydrogen-bond acceptors (Lipinski definition) is 6. The van der Waals surface area contributed by atoms with Gasteiger partial charge in [-0.25, -0.2) is 15.8 Å². The molecule has 2 rings (SSSR count). The van der Waals surface area contributed by atoms with Crippen molar-refractivity contribution in [3.8, 4) is 0 Å². The molecule has 0 aromatic carbocycles. The van der Waals surface area contributed by atoms with E-state index in [1.54, 1.807) is 12.0 Å². The van der Waals surface area contributed by atoms with Crippen LogP contribution in [0.3, 0.4) is 0 Å². The van der Waals surface area contributed by atoms with Crippen LogP contribution < -0.4 is 11.3 Å². The molecular formula is C11H17N5O2. The number of nitrogens with one attached hydrogen (secondary N) is 1. The third kappa shape index (κ3) is 2.74. The molecule has 1 aromatic heterocycles. The van der Waals surface area contributed by atoms with E-state index in [2.05, 4.69) is 15.4 Å². The predicted octanol–water partition coefficient (Wildman–Crippen LogP) is 0.0132. The van der Waals surface area contributed by atoms with Crippen molar-refractivity contribution in [3.05, 3.63) is 18.1 Å². The fourth-order valence-corrected chi connectivity index (χ4v) is 1.99. The molecule has 1 aromatic rings. The lowest BCUT2D eigenvalue weighted by Crippen LogP contribution is -2.43. The van der Waals surface area contributed by atoms with Crippen LogP contribution in [0.5, 0.6) is 0 Å². The Labute approximate surface area is 105 Å². The smallest absolute Gasteiger partial charge is 0.274 e. The van der Waals surface area contributed by atoms with Crippen molar-refractivity contribution in [2.45, 2.75) is 18.9 Å². The number of piperidine rings is 1. The molecule has 0 spiro atoms. The molecule has 1 amide bonds. The third-order valence-corrected chi connectivity index (χ3v) is 3.02. The van der Waals surface area contributed by atoms with Crippen molar-refractivity contribution in [1.29, 1.82) is 0 Å². The summed E-state index contributed by atoms with van der Waals surface area (Å²) in [6, 6.07) is 0. The number of likely N-dealkylation sites (tertiary alicyclic amines) is 1. The van der Waals surface area contributed by atoms with Crippen molar-refractivity contribution in [2.24, 2.45) is 5.84 Å². The summed E-state index contributed by atoms with van der Waals surface area (Å²) >= 11 is 0. The molecule has 1 saturated heterocycles. The summed E-state index contributed by atoms with van der Waals surface area (Å²) in [5.74, 6) is 5.50. The van der Waals surface area contributed by atoms with Gasteiger partial charge in [0.15, 0.2) is 5.82 Å². The minimum absolute atomic E-state index is 0.112. The number of carbonyl (C=O) groups excluding carboxylic acids is 1. The summed E-state index contributed by atoms with van der Waals surface area (Å²) in [4.78, 5) is 21.9. The molecule has 18 heavy (non-hydrogen) atoms. The minimum Gasteiger partial charge on any atom is -0.380 e. The maximum absolute atomic E-state index is 12.2. The summed E-state index contributed by atoms with van der Waals surface area (Å²) in [6.07, 6.45) is 4.90. The number of nitrogens with two attached hydrogens (primary N) is 1. The summed E-state index contributed by atoms with van der Waals surface area (Å²) in [5, 5.41) is 0. The molecule has 1 aliphatic rings. The Morgan fingerprint density at radius 1 is 1.56 bits per heavy atom. The summed E-state index contributed by atoms with van der Waals surface area (Å²) in [7, 11) is 1.67. The number of methoxy groups -OCH3 is 1. The quantitative estimate of drug-likeness (QED) is 0.581. The highest BCUT2D eigenvalue weighted by molar-refractivity contribution is 5.92. The number of amides is 1. The van der Waals surface area contributed by atoms with Gasteiger partial charge in [0.2, 0.25) is 0 Å². The number of rotatable bonds is 3. The van der Waals surface area contributed by atoms with Gasteiger partial charge in [0.25, 0.3) is 5.91 Å². The highest BCUT2D eigenvalue weighted by Gasteiger charge is 2.25. The van der Waals surface area contributed by atoms with Crippen LogP contribution in [0, 0.1) is 0 Å². The van der Waals surface area contributed by atoms with Crippen molar-refractivity contribution < 1.29 is 9.53 Å². The molecule has 1 unspecified atom stereocenters. The molecule has 1 atom stereocenters. The molecule has 98 valence electrons. The SMILES string of the molecule is COC1CCCN(C(=O)c2cnc(NN)cn2)C1. The minimum atomic E-state index is -0.118. The molecule has 7 nitrogen and oxygen atoms in total. The number of anilines is 1. The van der Waals surface area contributed by atoms with Crippen molar-refractivity contribution in [1.82, 2.24) is 14.9 Å². The zero-order valence-electron chi connectivity index (χ0n) is 10.3. The molecular weight excluding hydrogens is 234 g/mol. The second-order valence-corrected chi connectivity index (χ2v) is 4.18. The number of aromatic nitrogens is 2. The Morgan fingerprint density at radius 3 is 3.00 bits per heavy atom. The lowest BCUT2D eigenvalue weighted by atomic mass is 10.1. The highest BCUT2D eigenvalue weighted by Crippen LogP contribution is 2.14. The maximum Gasteiger partial charge on any atom is 0.274 e. The largest absolute Gasteiger partial charge is 0.380 e. The Kier molecular flexibility index (Phi) is 4.06. The van der Waals surface area contributed by atoms with Crippen LogP contribution in [0.1, 0.15) is 23.3 Å². The average molecular weight is 251 g/mol. The van der Waals surface area contributed by atoms with Gasteiger partial charge in [-0.1, -0.05) is 0 Å². The normalized spacial score (nSPS) is 19.7. The van der Waals surface area contributed by atoms with Crippen LogP contribution in [-0.4, -0.2) is 47.1 Å². The van der Waals surface area contributed by atoms with Crippen molar-refractivity contribution >= 4 is 11.7 Å². The maximum atomic E-state index is 12.2. The monoisotopic (exact) mass is 251 g/mol. The van der Waals surface area contributed by atoms with Crippen molar-refractivity contribution in [2.75, 3.05) is 25.6 Å². The van der Waals surface area contributed by atoms with Crippen LogP contribution in [0.2, 0.25) is 0 Å². The molecule has 3 N–H and O–H groups in total. The number of carbonyl (C=O) groups is 1. The van der Waals surface area contributed by atoms with E-state index in [-0.39, 0.29) is 12.0 Å². The van der Waals surface area contributed by atoms with Gasteiger partial charge in [0.1, 0.15) is 5.69 Å². The van der Waals surface area contributed by atoms with E-state index in [0.29, 0.717) is 18.1 Å². The first-order chi connectivity index (χ1) is 8.74. The van der Waals surface area contributed by atoms with Gasteiger partial charge >= 0.3 is 0 Å². The number of hydrogen-bond donors (Lipinski definition) is 2. The topological polar surface area (TPSA) is 93.4 Å². The molecule has 7 heteroatoms. The van der Waals surface area contributed by atoms with Gasteiger partial charge in [-0.3, -0.25) is 4.79 Å². The number of nitrogens with zero attached hydrogens (tertiary/aromatic N) is 3. The van der Waals surface area contributed by atoms with Gasteiger partial charge in [-0.05, 0) is 12.8 Å². The summed E-state index contributed by atoms with van der Waals surface area (Å²) in [5.41, 5.74) is 2.70. The average Bonchev–Trinajstić information content (AvgIpc) is 2.46. The van der Waals surface area contributed by atoms with Gasteiger partial charge in [-0.2, -0.15) is 0 Å². The Balaban J connectivity index is 2.05. The lowest BCUT2D eigenvalue weighted by Gasteiger charge is -2.31. The fraction of sp³-hybridized carbons (Fsp3) is 0.545. The van der Waals surface area contributed by atoms with E-state index >= 15 is 0 Å². The zero-order valence-corrected chi connectivity index (χ0v) is 10.3. The predicted molar refractivity (Wildman–Crippen MR) is 65.8 cm³/mol. The lowest BCUT2D eigenvalue weighted by molar-refractivity contribution is 0.0265. The molecule has 0 aliphatic carbocycles. The van der Waals surface area contributed by atoms with Crippen LogP contribution in [0.25, 0.3) is 0 Å². The Hall–Kier alpha value is -1.73. The second-order valence-electron chi connectivity index (χ2n) is 4.18. The highest BCUT2D eigenvalue weighted by atomic mass is 16.5. The standard InChI is InChI=1S/C11H17N5O2/c1-18-8-3-2-4-16(7-8)11(17)9-5-14-10(15-12)6-13-9/h5-6,8H,2-4,7,12H2,1H3,(H,14,15). The van der Waals surface area contributed by atoms with Crippen molar-refractivity contribution in [3.63, 3.8) is 0 Å². The molecule has 1 fully saturated rings. The van der Waals surface area contributed by atoms with E-state index in [4.69, 9.17) is 10.6 Å². The number of hydrazine groups is 1. The number of ether oxygens (including phenoxy) is 1. The first-order valence-corrected chi connectivity index (χ1v) is 5.85. The summed E-state index contributed by atoms with van der Waals surface area (Å²) < 4.78 is 5.29. The van der Waals surface area contributed by atoms with Gasteiger partial charge in [0.05, 0.1) is 18.5 Å². The number of nitrogen functional groups attached to an aromatic ring is 1. The molecule has 1 aliphatic heterocycles. The molecule has 0 saturated carbocycles. The van der Waals surface area contributed by atoms with Crippen LogP contribution in [0.4, 0.5) is 5.82 Å².